The first kappa shape index (κ1) is 37.1. The SMILES string of the molecule is Cn1cc(NC(=O)c2cc(NC(=O)c3cc(NC(=O)C(=O)/C=C/c4ccc(S(=O)CCCl)cc4)cn3C)cn2C)cc1C(=O)NCCC(=N)N. The second kappa shape index (κ2) is 16.6. The number of ketones is 1. The molecule has 0 radical (unpaired) electrons. The van der Waals surface area contributed by atoms with Gasteiger partial charge in [0.2, 0.25) is 5.78 Å². The molecule has 4 rings (SSSR count). The molecule has 0 aliphatic rings. The number of halogens is 1. The predicted octanol–water partition coefficient (Wildman–Crippen LogP) is 2.83. The Morgan fingerprint density at radius 2 is 1.28 bits per heavy atom. The molecule has 262 valence electrons. The van der Waals surface area contributed by atoms with Crippen LogP contribution in [-0.4, -0.2) is 71.3 Å². The highest BCUT2D eigenvalue weighted by Gasteiger charge is 2.19. The van der Waals surface area contributed by atoms with E-state index in [1.165, 1.54) is 39.6 Å². The van der Waals surface area contributed by atoms with Crippen molar-refractivity contribution < 1.29 is 28.2 Å². The fourth-order valence-electron chi connectivity index (χ4n) is 4.73. The Hall–Kier alpha value is -5.74. The van der Waals surface area contributed by atoms with Crippen molar-refractivity contribution in [3.63, 3.8) is 0 Å². The van der Waals surface area contributed by atoms with E-state index < -0.39 is 34.3 Å². The van der Waals surface area contributed by atoms with Crippen LogP contribution in [0.4, 0.5) is 17.1 Å². The molecule has 50 heavy (non-hydrogen) atoms. The van der Waals surface area contributed by atoms with Crippen LogP contribution in [0.25, 0.3) is 6.08 Å². The highest BCUT2D eigenvalue weighted by Crippen LogP contribution is 2.20. The summed E-state index contributed by atoms with van der Waals surface area (Å²) in [6.45, 7) is 0.203. The number of anilines is 3. The van der Waals surface area contributed by atoms with Crippen molar-refractivity contribution in [3.8, 4) is 0 Å². The largest absolute Gasteiger partial charge is 0.388 e. The summed E-state index contributed by atoms with van der Waals surface area (Å²) in [7, 11) is 3.66. The fourth-order valence-corrected chi connectivity index (χ4v) is 5.96. The number of carbonyl (C=O) groups excluding carboxylic acids is 5. The summed E-state index contributed by atoms with van der Waals surface area (Å²) in [5, 5.41) is 17.9. The lowest BCUT2D eigenvalue weighted by Crippen LogP contribution is -2.28. The van der Waals surface area contributed by atoms with Crippen molar-refractivity contribution in [1.29, 1.82) is 5.41 Å². The van der Waals surface area contributed by atoms with Crippen molar-refractivity contribution in [2.45, 2.75) is 11.3 Å². The predicted molar refractivity (Wildman–Crippen MR) is 192 cm³/mol. The molecule has 3 aromatic heterocycles. The Labute approximate surface area is 294 Å². The molecule has 3 heterocycles. The van der Waals surface area contributed by atoms with Gasteiger partial charge in [-0.15, -0.1) is 11.6 Å². The Morgan fingerprint density at radius 1 is 0.800 bits per heavy atom. The fraction of sp³-hybridized carbons (Fsp3) is 0.212. The molecule has 0 spiro atoms. The third-order valence-electron chi connectivity index (χ3n) is 7.22. The van der Waals surface area contributed by atoms with Crippen LogP contribution in [0.5, 0.6) is 0 Å². The Morgan fingerprint density at radius 3 is 1.76 bits per heavy atom. The monoisotopic (exact) mass is 721 g/mol. The van der Waals surface area contributed by atoms with Gasteiger partial charge in [-0.1, -0.05) is 18.2 Å². The van der Waals surface area contributed by atoms with Crippen molar-refractivity contribution >= 4 is 80.8 Å². The van der Waals surface area contributed by atoms with Crippen LogP contribution in [0, 0.1) is 5.41 Å². The lowest BCUT2D eigenvalue weighted by Gasteiger charge is -2.04. The van der Waals surface area contributed by atoms with Gasteiger partial charge in [-0.2, -0.15) is 0 Å². The van der Waals surface area contributed by atoms with Gasteiger partial charge in [-0.25, -0.2) is 0 Å². The first-order valence-corrected chi connectivity index (χ1v) is 16.9. The average molecular weight is 722 g/mol. The van der Waals surface area contributed by atoms with E-state index in [4.69, 9.17) is 22.7 Å². The molecule has 0 bridgehead atoms. The maximum Gasteiger partial charge on any atom is 0.296 e. The summed E-state index contributed by atoms with van der Waals surface area (Å²) < 4.78 is 16.6. The van der Waals surface area contributed by atoms with Gasteiger partial charge in [0.1, 0.15) is 17.1 Å². The van der Waals surface area contributed by atoms with Gasteiger partial charge in [0, 0.05) is 69.2 Å². The van der Waals surface area contributed by atoms with Crippen molar-refractivity contribution in [2.24, 2.45) is 26.9 Å². The third-order valence-corrected chi connectivity index (χ3v) is 9.01. The molecule has 1 atom stereocenters. The highest BCUT2D eigenvalue weighted by atomic mass is 35.5. The summed E-state index contributed by atoms with van der Waals surface area (Å²) in [4.78, 5) is 64.2. The normalized spacial score (nSPS) is 11.6. The standard InChI is InChI=1S/C33H36ClN9O6S/c1-41-17-21(14-25(41)30(45)37-12-10-29(35)36)38-31(46)26-15-22(18-42(26)2)39-32(47)27-16-23(19-43(27)3)40-33(48)28(44)9-6-20-4-7-24(8-5-20)50(49)13-11-34/h4-9,14-19H,10-13H2,1-3H3,(H3,35,36)(H,37,45)(H,38,46)(H,39,47)(H,40,48)/b9-6+. The molecule has 17 heteroatoms. The molecule has 0 fully saturated rings. The number of alkyl halides is 1. The third kappa shape index (κ3) is 9.67. The van der Waals surface area contributed by atoms with Crippen LogP contribution in [-0.2, 0) is 41.5 Å². The summed E-state index contributed by atoms with van der Waals surface area (Å²) in [6.07, 6.45) is 7.40. The van der Waals surface area contributed by atoms with Gasteiger partial charge in [-0.05, 0) is 42.0 Å². The lowest BCUT2D eigenvalue weighted by atomic mass is 10.2. The van der Waals surface area contributed by atoms with E-state index in [1.807, 2.05) is 0 Å². The van der Waals surface area contributed by atoms with Gasteiger partial charge in [0.25, 0.3) is 23.6 Å². The quantitative estimate of drug-likeness (QED) is 0.0355. The number of hydrogen-bond donors (Lipinski definition) is 6. The van der Waals surface area contributed by atoms with E-state index in [9.17, 15) is 28.2 Å². The molecule has 7 N–H and O–H groups in total. The minimum atomic E-state index is -1.21. The van der Waals surface area contributed by atoms with E-state index in [0.717, 1.165) is 6.08 Å². The Balaban J connectivity index is 1.33. The van der Waals surface area contributed by atoms with Crippen molar-refractivity contribution in [1.82, 2.24) is 19.0 Å². The highest BCUT2D eigenvalue weighted by molar-refractivity contribution is 7.85. The number of nitrogens with two attached hydrogens (primary N) is 1. The average Bonchev–Trinajstić information content (AvgIpc) is 3.74. The Kier molecular flexibility index (Phi) is 12.3. The van der Waals surface area contributed by atoms with Crippen LogP contribution in [0.2, 0.25) is 0 Å². The van der Waals surface area contributed by atoms with Gasteiger partial charge in [-0.3, -0.25) is 33.6 Å². The minimum absolute atomic E-state index is 0.0432. The topological polar surface area (TPSA) is 215 Å². The van der Waals surface area contributed by atoms with Gasteiger partial charge in [0.05, 0.1) is 33.7 Å². The molecule has 0 aliphatic heterocycles. The smallest absolute Gasteiger partial charge is 0.296 e. The molecular weight excluding hydrogens is 686 g/mol. The number of rotatable bonds is 15. The van der Waals surface area contributed by atoms with Crippen LogP contribution >= 0.6 is 11.6 Å². The molecule has 15 nitrogen and oxygen atoms in total. The van der Waals surface area contributed by atoms with Gasteiger partial charge in [0.15, 0.2) is 0 Å². The number of amides is 4. The molecule has 1 unspecified atom stereocenters. The van der Waals surface area contributed by atoms with Gasteiger partial charge >= 0.3 is 0 Å². The minimum Gasteiger partial charge on any atom is -0.388 e. The Bertz CT molecular complexity index is 2010. The van der Waals surface area contributed by atoms with Crippen molar-refractivity contribution in [2.75, 3.05) is 34.1 Å². The lowest BCUT2D eigenvalue weighted by molar-refractivity contribution is -0.131. The molecule has 0 saturated heterocycles. The van der Waals surface area contributed by atoms with Gasteiger partial charge < -0.3 is 40.7 Å². The maximum absolute atomic E-state index is 13.1. The van der Waals surface area contributed by atoms with E-state index in [0.29, 0.717) is 33.3 Å². The van der Waals surface area contributed by atoms with E-state index in [-0.39, 0.29) is 47.7 Å². The summed E-state index contributed by atoms with van der Waals surface area (Å²) in [6, 6.07) is 11.1. The summed E-state index contributed by atoms with van der Waals surface area (Å²) in [5.74, 6) is -2.57. The number of nitrogens with zero attached hydrogens (tertiary/aromatic N) is 3. The second-order valence-corrected chi connectivity index (χ2v) is 13.0. The number of benzene rings is 1. The van der Waals surface area contributed by atoms with Crippen molar-refractivity contribution in [3.05, 3.63) is 89.8 Å². The summed E-state index contributed by atoms with van der Waals surface area (Å²) in [5.41, 5.74) is 7.56. The number of hydrogen-bond acceptors (Lipinski definition) is 7. The molecule has 1 aromatic carbocycles. The van der Waals surface area contributed by atoms with Crippen LogP contribution in [0.15, 0.2) is 72.0 Å². The molecular formula is C33H36ClN9O6S. The zero-order valence-electron chi connectivity index (χ0n) is 27.4. The zero-order chi connectivity index (χ0) is 36.5. The van der Waals surface area contributed by atoms with Crippen LogP contribution in [0.1, 0.15) is 43.4 Å². The molecule has 4 aromatic rings. The molecule has 0 aliphatic carbocycles. The second-order valence-electron chi connectivity index (χ2n) is 11.1. The first-order chi connectivity index (χ1) is 23.7. The number of nitrogens with one attached hydrogen (secondary N) is 5. The molecule has 0 saturated carbocycles. The van der Waals surface area contributed by atoms with E-state index in [1.54, 1.807) is 62.4 Å². The van der Waals surface area contributed by atoms with Crippen LogP contribution in [0.3, 0.4) is 0 Å². The molecule has 4 amide bonds. The number of aromatic nitrogens is 3. The summed E-state index contributed by atoms with van der Waals surface area (Å²) >= 11 is 5.64. The number of amidine groups is 1. The number of carbonyl (C=O) groups is 5. The first-order valence-electron chi connectivity index (χ1n) is 15.1. The maximum atomic E-state index is 13.1. The zero-order valence-corrected chi connectivity index (χ0v) is 29.0. The van der Waals surface area contributed by atoms with E-state index >= 15 is 0 Å². The number of aryl methyl sites for hydroxylation is 3. The van der Waals surface area contributed by atoms with Crippen LogP contribution < -0.4 is 27.0 Å². The van der Waals surface area contributed by atoms with E-state index in [2.05, 4.69) is 21.3 Å².